The van der Waals surface area contributed by atoms with Gasteiger partial charge in [0, 0.05) is 18.8 Å². The van der Waals surface area contributed by atoms with E-state index < -0.39 is 11.9 Å². The highest BCUT2D eigenvalue weighted by Crippen LogP contribution is 2.34. The van der Waals surface area contributed by atoms with Crippen LogP contribution < -0.4 is 5.73 Å². The Morgan fingerprint density at radius 2 is 2.22 bits per heavy atom. The molecule has 0 saturated heterocycles. The number of quaternary nitrogens is 1. The molecule has 0 saturated carbocycles. The molecule has 7 nitrogen and oxygen atoms in total. The minimum Gasteiger partial charge on any atom is -0.481 e. The molecule has 1 heterocycles. The quantitative estimate of drug-likeness (QED) is 0.658. The number of nitrogens with one attached hydrogen (secondary N) is 1. The maximum atomic E-state index is 11.9. The van der Waals surface area contributed by atoms with E-state index in [-0.39, 0.29) is 5.92 Å². The maximum Gasteiger partial charge on any atom is 0.307 e. The maximum absolute atomic E-state index is 11.9. The van der Waals surface area contributed by atoms with Crippen LogP contribution in [-0.2, 0) is 11.2 Å². The van der Waals surface area contributed by atoms with Crippen LogP contribution in [0.15, 0.2) is 30.3 Å². The van der Waals surface area contributed by atoms with Crippen LogP contribution in [0.3, 0.4) is 0 Å². The largest absolute Gasteiger partial charge is 0.481 e. The van der Waals surface area contributed by atoms with Crippen molar-refractivity contribution in [1.29, 1.82) is 0 Å². The topological polar surface area (TPSA) is 119 Å². The van der Waals surface area contributed by atoms with Crippen LogP contribution in [0.5, 0.6) is 0 Å². The Balaban J connectivity index is 1.94. The molecule has 0 amide bonds. The molecular formula is C20H28N5O2+. The number of carboxylic acid groups (broad SMARTS) is 1. The molecule has 144 valence electrons. The number of hydrogen-bond acceptors (Lipinski definition) is 4. The van der Waals surface area contributed by atoms with Gasteiger partial charge in [-0.2, -0.15) is 5.21 Å². The zero-order chi connectivity index (χ0) is 19.2. The van der Waals surface area contributed by atoms with Crippen molar-refractivity contribution in [3.63, 3.8) is 0 Å². The molecular weight excluding hydrogens is 342 g/mol. The highest BCUT2D eigenvalue weighted by atomic mass is 16.4. The predicted octanol–water partition coefficient (Wildman–Crippen LogP) is 2.20. The van der Waals surface area contributed by atoms with E-state index in [1.165, 1.54) is 11.1 Å². The van der Waals surface area contributed by atoms with Gasteiger partial charge in [-0.15, -0.1) is 10.2 Å². The number of nitrogens with zero attached hydrogens (tertiary/aromatic N) is 3. The van der Waals surface area contributed by atoms with Crippen molar-refractivity contribution in [2.45, 2.75) is 57.4 Å². The van der Waals surface area contributed by atoms with E-state index in [0.29, 0.717) is 24.7 Å². The van der Waals surface area contributed by atoms with E-state index in [1.807, 2.05) is 19.1 Å². The van der Waals surface area contributed by atoms with Gasteiger partial charge < -0.3 is 10.8 Å². The number of aromatic amines is 1. The van der Waals surface area contributed by atoms with Gasteiger partial charge in [-0.3, -0.25) is 4.79 Å². The number of carboxylic acids is 1. The smallest absolute Gasteiger partial charge is 0.307 e. The Hall–Kier alpha value is -2.54. The number of hydrogen-bond donors (Lipinski definition) is 3. The molecule has 27 heavy (non-hydrogen) atoms. The van der Waals surface area contributed by atoms with Gasteiger partial charge in [-0.25, -0.2) is 0 Å². The summed E-state index contributed by atoms with van der Waals surface area (Å²) >= 11 is 0. The van der Waals surface area contributed by atoms with Crippen LogP contribution >= 0.6 is 0 Å². The number of benzene rings is 1. The summed E-state index contributed by atoms with van der Waals surface area (Å²) in [5.74, 6) is -1.18. The van der Waals surface area contributed by atoms with Crippen molar-refractivity contribution in [2.75, 3.05) is 0 Å². The first-order valence-corrected chi connectivity index (χ1v) is 9.66. The third-order valence-electron chi connectivity index (χ3n) is 5.42. The molecule has 0 spiro atoms. The molecule has 0 radical (unpaired) electrons. The summed E-state index contributed by atoms with van der Waals surface area (Å²) in [4.78, 5) is 11.9. The van der Waals surface area contributed by atoms with Crippen molar-refractivity contribution in [3.05, 3.63) is 47.3 Å². The second kappa shape index (κ2) is 8.90. The van der Waals surface area contributed by atoms with Gasteiger partial charge in [0.05, 0.1) is 12.0 Å². The summed E-state index contributed by atoms with van der Waals surface area (Å²) in [6.07, 6.45) is 7.33. The van der Waals surface area contributed by atoms with Gasteiger partial charge >= 0.3 is 5.97 Å². The van der Waals surface area contributed by atoms with Crippen molar-refractivity contribution in [2.24, 2.45) is 5.92 Å². The van der Waals surface area contributed by atoms with Crippen LogP contribution in [0, 0.1) is 5.92 Å². The standard InChI is InChI=1S/C20H27N5O2/c1-2-5-17(20(26)27)18(19-22-24-25-23-19)12-14-6-3-4-7-16(14)13-8-10-15(21)11-9-13/h3-4,6-8,15,17-18H,2,5,9-12,21H2,1H3,(H,26,27)(H,22,23,24,25)/p+1. The van der Waals surface area contributed by atoms with Gasteiger partial charge in [0.25, 0.3) is 0 Å². The first-order valence-electron chi connectivity index (χ1n) is 9.66. The van der Waals surface area contributed by atoms with Gasteiger partial charge in [0.15, 0.2) is 5.82 Å². The highest BCUT2D eigenvalue weighted by Gasteiger charge is 2.32. The molecule has 5 N–H and O–H groups in total. The molecule has 1 aromatic heterocycles. The number of H-pyrrole nitrogens is 1. The lowest BCUT2D eigenvalue weighted by Gasteiger charge is -2.24. The number of tetrazole rings is 1. The van der Waals surface area contributed by atoms with Crippen molar-refractivity contribution in [1.82, 2.24) is 20.6 Å². The summed E-state index contributed by atoms with van der Waals surface area (Å²) in [7, 11) is 0. The fraction of sp³-hybridized carbons (Fsp3) is 0.500. The molecule has 3 rings (SSSR count). The molecule has 1 aliphatic carbocycles. The van der Waals surface area contributed by atoms with Gasteiger partial charge in [0.2, 0.25) is 0 Å². The van der Waals surface area contributed by atoms with Crippen LogP contribution in [0.4, 0.5) is 0 Å². The number of carbonyl (C=O) groups is 1. The van der Waals surface area contributed by atoms with Gasteiger partial charge in [-0.1, -0.05) is 48.9 Å². The molecule has 0 bridgehead atoms. The molecule has 0 fully saturated rings. The number of aromatic nitrogens is 4. The zero-order valence-electron chi connectivity index (χ0n) is 15.8. The molecule has 3 unspecified atom stereocenters. The Morgan fingerprint density at radius 1 is 1.41 bits per heavy atom. The van der Waals surface area contributed by atoms with Gasteiger partial charge in [-0.05, 0) is 36.0 Å². The summed E-state index contributed by atoms with van der Waals surface area (Å²) in [5.41, 5.74) is 7.84. The lowest BCUT2D eigenvalue weighted by Crippen LogP contribution is -2.61. The Morgan fingerprint density at radius 3 is 2.85 bits per heavy atom. The Labute approximate surface area is 159 Å². The van der Waals surface area contributed by atoms with Crippen molar-refractivity contribution in [3.8, 4) is 0 Å². The Kier molecular flexibility index (Phi) is 6.34. The normalized spacial score (nSPS) is 19.3. The van der Waals surface area contributed by atoms with Crippen LogP contribution in [0.1, 0.15) is 61.9 Å². The van der Waals surface area contributed by atoms with Crippen LogP contribution in [0.25, 0.3) is 5.57 Å². The minimum absolute atomic E-state index is 0.313. The molecule has 1 aromatic carbocycles. The van der Waals surface area contributed by atoms with E-state index in [9.17, 15) is 9.90 Å². The summed E-state index contributed by atoms with van der Waals surface area (Å²) in [6.45, 7) is 2.00. The average Bonchev–Trinajstić information content (AvgIpc) is 3.20. The second-order valence-corrected chi connectivity index (χ2v) is 7.34. The Bertz CT molecular complexity index is 787. The second-order valence-electron chi connectivity index (χ2n) is 7.34. The average molecular weight is 370 g/mol. The molecule has 2 aromatic rings. The number of allylic oxidation sites excluding steroid dienone is 1. The first kappa shape index (κ1) is 19.2. The molecule has 1 aliphatic rings. The van der Waals surface area contributed by atoms with Crippen LogP contribution in [0.2, 0.25) is 0 Å². The van der Waals surface area contributed by atoms with Gasteiger partial charge in [0.1, 0.15) is 0 Å². The first-order chi connectivity index (χ1) is 13.1. The minimum atomic E-state index is -0.805. The molecule has 3 atom stereocenters. The van der Waals surface area contributed by atoms with E-state index in [1.54, 1.807) is 0 Å². The van der Waals surface area contributed by atoms with E-state index in [4.69, 9.17) is 0 Å². The number of aliphatic carboxylic acids is 1. The monoisotopic (exact) mass is 370 g/mol. The lowest BCUT2D eigenvalue weighted by atomic mass is 9.80. The SMILES string of the molecule is CCCC(C(=O)O)C(Cc1ccccc1C1=CCC([NH3+])CC1)c1nn[nH]n1. The summed E-state index contributed by atoms with van der Waals surface area (Å²) < 4.78 is 0. The summed E-state index contributed by atoms with van der Waals surface area (Å²) in [5, 5.41) is 24.2. The van der Waals surface area contributed by atoms with Crippen molar-refractivity contribution >= 4 is 11.5 Å². The third kappa shape index (κ3) is 4.60. The number of rotatable bonds is 8. The lowest BCUT2D eigenvalue weighted by molar-refractivity contribution is -0.420. The zero-order valence-corrected chi connectivity index (χ0v) is 15.8. The van der Waals surface area contributed by atoms with Crippen molar-refractivity contribution < 1.29 is 15.6 Å². The molecule has 7 heteroatoms. The highest BCUT2D eigenvalue weighted by molar-refractivity contribution is 5.72. The summed E-state index contributed by atoms with van der Waals surface area (Å²) in [6, 6.07) is 8.75. The fourth-order valence-corrected chi connectivity index (χ4v) is 3.93. The van der Waals surface area contributed by atoms with E-state index in [0.717, 1.165) is 31.2 Å². The fourth-order valence-electron chi connectivity index (χ4n) is 3.93. The third-order valence-corrected chi connectivity index (χ3v) is 5.42. The van der Waals surface area contributed by atoms with E-state index in [2.05, 4.69) is 44.6 Å². The van der Waals surface area contributed by atoms with E-state index >= 15 is 0 Å². The van der Waals surface area contributed by atoms with Crippen LogP contribution in [-0.4, -0.2) is 37.7 Å². The molecule has 0 aliphatic heterocycles. The predicted molar refractivity (Wildman–Crippen MR) is 102 cm³/mol.